The van der Waals surface area contributed by atoms with E-state index in [-0.39, 0.29) is 18.9 Å². The number of nitrogens with one attached hydrogen (secondary N) is 1. The van der Waals surface area contributed by atoms with Gasteiger partial charge in [-0.2, -0.15) is 0 Å². The van der Waals surface area contributed by atoms with E-state index in [1.807, 2.05) is 0 Å². The summed E-state index contributed by atoms with van der Waals surface area (Å²) in [6.45, 7) is 6.31. The molecule has 108 valence electrons. The van der Waals surface area contributed by atoms with Gasteiger partial charge in [0.1, 0.15) is 6.10 Å². The fourth-order valence-electron chi connectivity index (χ4n) is 1.95. The zero-order valence-corrected chi connectivity index (χ0v) is 11.2. The molecule has 0 aromatic heterocycles. The van der Waals surface area contributed by atoms with Gasteiger partial charge in [-0.15, -0.1) is 6.58 Å². The number of carboxylic acids is 1. The first-order valence-corrected chi connectivity index (χ1v) is 6.33. The molecule has 2 atom stereocenters. The largest absolute Gasteiger partial charge is 0.481 e. The minimum absolute atomic E-state index is 0.141. The second kappa shape index (κ2) is 7.25. The zero-order chi connectivity index (χ0) is 14.3. The molecule has 1 aliphatic heterocycles. The fraction of sp³-hybridized carbons (Fsp3) is 0.692. The first kappa shape index (κ1) is 15.7. The van der Waals surface area contributed by atoms with Crippen molar-refractivity contribution < 1.29 is 24.2 Å². The van der Waals surface area contributed by atoms with Crippen LogP contribution < -0.4 is 5.32 Å². The van der Waals surface area contributed by atoms with Crippen molar-refractivity contribution in [2.45, 2.75) is 37.8 Å². The summed E-state index contributed by atoms with van der Waals surface area (Å²) >= 11 is 0. The Kier molecular flexibility index (Phi) is 5.98. The molecule has 0 spiro atoms. The Morgan fingerprint density at radius 2 is 2.37 bits per heavy atom. The predicted octanol–water partition coefficient (Wildman–Crippen LogP) is 0.718. The van der Waals surface area contributed by atoms with Crippen molar-refractivity contribution in [3.63, 3.8) is 0 Å². The van der Waals surface area contributed by atoms with Crippen LogP contribution in [0.2, 0.25) is 0 Å². The van der Waals surface area contributed by atoms with Gasteiger partial charge in [-0.3, -0.25) is 9.59 Å². The van der Waals surface area contributed by atoms with E-state index >= 15 is 0 Å². The maximum absolute atomic E-state index is 12.0. The molecule has 0 aliphatic carbocycles. The fourth-order valence-corrected chi connectivity index (χ4v) is 1.95. The lowest BCUT2D eigenvalue weighted by Crippen LogP contribution is -2.53. The normalized spacial score (nSPS) is 23.8. The van der Waals surface area contributed by atoms with Gasteiger partial charge in [0.25, 0.3) is 0 Å². The van der Waals surface area contributed by atoms with Gasteiger partial charge in [-0.25, -0.2) is 0 Å². The molecule has 1 fully saturated rings. The van der Waals surface area contributed by atoms with E-state index in [1.54, 1.807) is 13.0 Å². The van der Waals surface area contributed by atoms with Gasteiger partial charge in [-0.1, -0.05) is 6.08 Å². The van der Waals surface area contributed by atoms with Crippen molar-refractivity contribution in [3.05, 3.63) is 12.7 Å². The number of aliphatic carboxylic acids is 1. The average Bonchev–Trinajstić information content (AvgIpc) is 2.76. The number of hydrogen-bond donors (Lipinski definition) is 2. The molecular weight excluding hydrogens is 250 g/mol. The molecule has 1 heterocycles. The zero-order valence-electron chi connectivity index (χ0n) is 11.2. The Morgan fingerprint density at radius 3 is 2.89 bits per heavy atom. The monoisotopic (exact) mass is 271 g/mol. The molecule has 1 amide bonds. The maximum atomic E-state index is 12.0. The minimum atomic E-state index is -0.953. The van der Waals surface area contributed by atoms with Crippen LogP contribution in [0.25, 0.3) is 0 Å². The van der Waals surface area contributed by atoms with Gasteiger partial charge in [0.2, 0.25) is 5.91 Å². The molecule has 0 radical (unpaired) electrons. The van der Waals surface area contributed by atoms with E-state index in [4.69, 9.17) is 14.6 Å². The topological polar surface area (TPSA) is 84.9 Å². The van der Waals surface area contributed by atoms with Gasteiger partial charge < -0.3 is 19.9 Å². The molecular formula is C13H21NO5. The summed E-state index contributed by atoms with van der Waals surface area (Å²) in [5.74, 6) is -1.26. The predicted molar refractivity (Wildman–Crippen MR) is 68.8 cm³/mol. The molecule has 1 rings (SSSR count). The van der Waals surface area contributed by atoms with Gasteiger partial charge in [0.15, 0.2) is 0 Å². The highest BCUT2D eigenvalue weighted by Gasteiger charge is 2.39. The summed E-state index contributed by atoms with van der Waals surface area (Å²) in [6, 6.07) is 0. The van der Waals surface area contributed by atoms with Crippen LogP contribution in [-0.4, -0.2) is 48.4 Å². The van der Waals surface area contributed by atoms with Crippen LogP contribution >= 0.6 is 0 Å². The smallest absolute Gasteiger partial charge is 0.305 e. The van der Waals surface area contributed by atoms with E-state index in [0.717, 1.165) is 0 Å². The lowest BCUT2D eigenvalue weighted by atomic mass is 9.94. The number of carbonyl (C=O) groups excluding carboxylic acids is 1. The van der Waals surface area contributed by atoms with Crippen molar-refractivity contribution in [2.75, 3.05) is 19.8 Å². The number of amides is 1. The molecule has 0 saturated carbocycles. The van der Waals surface area contributed by atoms with Crippen LogP contribution in [0.15, 0.2) is 12.7 Å². The lowest BCUT2D eigenvalue weighted by molar-refractivity contribution is -0.140. The summed E-state index contributed by atoms with van der Waals surface area (Å²) in [6.07, 6.45) is 2.12. The van der Waals surface area contributed by atoms with Crippen LogP contribution in [0, 0.1) is 0 Å². The highest BCUT2D eigenvalue weighted by molar-refractivity contribution is 5.82. The first-order chi connectivity index (χ1) is 8.99. The van der Waals surface area contributed by atoms with E-state index < -0.39 is 17.6 Å². The van der Waals surface area contributed by atoms with Crippen molar-refractivity contribution in [1.29, 1.82) is 0 Å². The molecule has 0 bridgehead atoms. The van der Waals surface area contributed by atoms with E-state index in [2.05, 4.69) is 11.9 Å². The molecule has 2 N–H and O–H groups in total. The molecule has 2 unspecified atom stereocenters. The number of carbonyl (C=O) groups is 2. The highest BCUT2D eigenvalue weighted by atomic mass is 16.5. The third-order valence-corrected chi connectivity index (χ3v) is 3.04. The molecule has 1 aliphatic rings. The Hall–Kier alpha value is -1.40. The SMILES string of the molecule is C=CCCOC(C)C(=O)NC1(CC(=O)O)CCOC1. The highest BCUT2D eigenvalue weighted by Crippen LogP contribution is 2.23. The molecule has 0 aromatic carbocycles. The van der Waals surface area contributed by atoms with Gasteiger partial charge >= 0.3 is 5.97 Å². The summed E-state index contributed by atoms with van der Waals surface area (Å²) in [5, 5.41) is 11.7. The van der Waals surface area contributed by atoms with Crippen molar-refractivity contribution in [1.82, 2.24) is 5.32 Å². The standard InChI is InChI=1S/C13H21NO5/c1-3-4-6-19-10(2)12(17)14-13(8-11(15)16)5-7-18-9-13/h3,10H,1,4-9H2,2H3,(H,14,17)(H,15,16). The van der Waals surface area contributed by atoms with E-state index in [1.165, 1.54) is 0 Å². The van der Waals surface area contributed by atoms with Gasteiger partial charge in [0, 0.05) is 6.61 Å². The Morgan fingerprint density at radius 1 is 1.63 bits per heavy atom. The number of hydrogen-bond acceptors (Lipinski definition) is 4. The van der Waals surface area contributed by atoms with Crippen LogP contribution in [0.4, 0.5) is 0 Å². The van der Waals surface area contributed by atoms with Crippen LogP contribution in [-0.2, 0) is 19.1 Å². The molecule has 6 nitrogen and oxygen atoms in total. The second-order valence-corrected chi connectivity index (χ2v) is 4.73. The number of ether oxygens (including phenoxy) is 2. The Balaban J connectivity index is 2.51. The Bertz CT molecular complexity index is 336. The summed E-state index contributed by atoms with van der Waals surface area (Å²) in [4.78, 5) is 22.8. The van der Waals surface area contributed by atoms with Crippen molar-refractivity contribution in [3.8, 4) is 0 Å². The molecule has 6 heteroatoms. The molecule has 19 heavy (non-hydrogen) atoms. The third kappa shape index (κ3) is 5.00. The molecule has 1 saturated heterocycles. The van der Waals surface area contributed by atoms with E-state index in [9.17, 15) is 9.59 Å². The summed E-state index contributed by atoms with van der Waals surface area (Å²) < 4.78 is 10.5. The van der Waals surface area contributed by atoms with Crippen LogP contribution in [0.3, 0.4) is 0 Å². The van der Waals surface area contributed by atoms with Crippen molar-refractivity contribution >= 4 is 11.9 Å². The number of carboxylic acid groups (broad SMARTS) is 1. The average molecular weight is 271 g/mol. The molecule has 0 aromatic rings. The lowest BCUT2D eigenvalue weighted by Gasteiger charge is -2.28. The first-order valence-electron chi connectivity index (χ1n) is 6.33. The van der Waals surface area contributed by atoms with Gasteiger partial charge in [0.05, 0.1) is 25.2 Å². The third-order valence-electron chi connectivity index (χ3n) is 3.04. The maximum Gasteiger partial charge on any atom is 0.305 e. The quantitative estimate of drug-likeness (QED) is 0.502. The van der Waals surface area contributed by atoms with Crippen LogP contribution in [0.1, 0.15) is 26.2 Å². The minimum Gasteiger partial charge on any atom is -0.481 e. The number of rotatable bonds is 8. The second-order valence-electron chi connectivity index (χ2n) is 4.73. The summed E-state index contributed by atoms with van der Waals surface area (Å²) in [7, 11) is 0. The van der Waals surface area contributed by atoms with E-state index in [0.29, 0.717) is 26.1 Å². The summed E-state index contributed by atoms with van der Waals surface area (Å²) in [5.41, 5.74) is -0.807. The van der Waals surface area contributed by atoms with Crippen molar-refractivity contribution in [2.24, 2.45) is 0 Å². The van der Waals surface area contributed by atoms with Gasteiger partial charge in [-0.05, 0) is 19.8 Å². The Labute approximate surface area is 112 Å². The van der Waals surface area contributed by atoms with Crippen LogP contribution in [0.5, 0.6) is 0 Å².